The van der Waals surface area contributed by atoms with Crippen LogP contribution >= 0.6 is 0 Å². The third-order valence-corrected chi connectivity index (χ3v) is 8.12. The molecule has 0 spiro atoms. The van der Waals surface area contributed by atoms with E-state index in [-0.39, 0.29) is 23.5 Å². The highest BCUT2D eigenvalue weighted by Crippen LogP contribution is 2.28. The van der Waals surface area contributed by atoms with E-state index in [9.17, 15) is 13.2 Å². The van der Waals surface area contributed by atoms with Gasteiger partial charge in [-0.1, -0.05) is 12.1 Å². The summed E-state index contributed by atoms with van der Waals surface area (Å²) in [6, 6.07) is 11.4. The van der Waals surface area contributed by atoms with Crippen molar-refractivity contribution in [2.45, 2.75) is 44.8 Å². The van der Waals surface area contributed by atoms with E-state index in [4.69, 9.17) is 14.5 Å². The number of methoxy groups -OCH3 is 1. The van der Waals surface area contributed by atoms with Crippen LogP contribution in [0.4, 0.5) is 11.4 Å². The van der Waals surface area contributed by atoms with Gasteiger partial charge in [-0.25, -0.2) is 13.4 Å². The SMILES string of the molecule is CO[C@@H](C)[C@H]1CN(c2ccc3c(=O)n(CCc4ccc5c(c4)NS(=O)(=O)C5)c(C)nc3c2)CCO1. The lowest BCUT2D eigenvalue weighted by molar-refractivity contribution is -0.0539. The van der Waals surface area contributed by atoms with Crippen molar-refractivity contribution < 1.29 is 17.9 Å². The Kier molecular flexibility index (Phi) is 6.29. The van der Waals surface area contributed by atoms with Gasteiger partial charge in [0.05, 0.1) is 35.1 Å². The van der Waals surface area contributed by atoms with Gasteiger partial charge in [0.1, 0.15) is 11.9 Å². The van der Waals surface area contributed by atoms with E-state index in [1.807, 2.05) is 50.2 Å². The van der Waals surface area contributed by atoms with E-state index in [2.05, 4.69) is 9.62 Å². The Bertz CT molecular complexity index is 1440. The Labute approximate surface area is 204 Å². The molecule has 1 aromatic heterocycles. The van der Waals surface area contributed by atoms with Crippen molar-refractivity contribution in [3.8, 4) is 0 Å². The first-order valence-electron chi connectivity index (χ1n) is 11.8. The molecule has 2 aliphatic heterocycles. The van der Waals surface area contributed by atoms with Crippen molar-refractivity contribution in [1.82, 2.24) is 9.55 Å². The van der Waals surface area contributed by atoms with E-state index in [0.29, 0.717) is 48.5 Å². The number of ether oxygens (including phenoxy) is 2. The Balaban J connectivity index is 1.36. The molecular weight excluding hydrogens is 468 g/mol. The molecule has 2 aliphatic rings. The van der Waals surface area contributed by atoms with Crippen LogP contribution in [0.2, 0.25) is 0 Å². The van der Waals surface area contributed by atoms with E-state index in [0.717, 1.165) is 23.4 Å². The first kappa shape index (κ1) is 23.8. The van der Waals surface area contributed by atoms with Crippen molar-refractivity contribution in [2.24, 2.45) is 0 Å². The predicted molar refractivity (Wildman–Crippen MR) is 136 cm³/mol. The number of nitrogens with zero attached hydrogens (tertiary/aromatic N) is 3. The number of hydrogen-bond acceptors (Lipinski definition) is 7. The van der Waals surface area contributed by atoms with Crippen molar-refractivity contribution in [3.05, 3.63) is 63.7 Å². The van der Waals surface area contributed by atoms with Gasteiger partial charge in [-0.3, -0.25) is 14.1 Å². The van der Waals surface area contributed by atoms with Gasteiger partial charge in [0, 0.05) is 32.4 Å². The zero-order valence-electron chi connectivity index (χ0n) is 20.2. The van der Waals surface area contributed by atoms with Crippen LogP contribution in [0.3, 0.4) is 0 Å². The number of benzene rings is 2. The van der Waals surface area contributed by atoms with E-state index in [1.165, 1.54) is 0 Å². The zero-order chi connectivity index (χ0) is 24.7. The molecular formula is C25H30N4O5S. The average Bonchev–Trinajstić information content (AvgIpc) is 3.16. The monoisotopic (exact) mass is 498 g/mol. The van der Waals surface area contributed by atoms with Gasteiger partial charge < -0.3 is 14.4 Å². The van der Waals surface area contributed by atoms with Crippen LogP contribution < -0.4 is 15.2 Å². The smallest absolute Gasteiger partial charge is 0.261 e. The van der Waals surface area contributed by atoms with Crippen molar-refractivity contribution >= 4 is 32.3 Å². The van der Waals surface area contributed by atoms with Crippen LogP contribution in [0.5, 0.6) is 0 Å². The minimum Gasteiger partial charge on any atom is -0.379 e. The van der Waals surface area contributed by atoms with Crippen molar-refractivity contribution in [3.63, 3.8) is 0 Å². The lowest BCUT2D eigenvalue weighted by atomic mass is 10.1. The van der Waals surface area contributed by atoms with Crippen LogP contribution in [-0.4, -0.2) is 57.0 Å². The third kappa shape index (κ3) is 4.78. The average molecular weight is 499 g/mol. The van der Waals surface area contributed by atoms with Crippen LogP contribution in [0.25, 0.3) is 10.9 Å². The fourth-order valence-electron chi connectivity index (χ4n) is 4.78. The van der Waals surface area contributed by atoms with Crippen LogP contribution in [-0.2, 0) is 38.2 Å². The predicted octanol–water partition coefficient (Wildman–Crippen LogP) is 2.44. The fourth-order valence-corrected chi connectivity index (χ4v) is 6.03. The van der Waals surface area contributed by atoms with Crippen molar-refractivity contribution in [2.75, 3.05) is 36.4 Å². The first-order valence-corrected chi connectivity index (χ1v) is 13.4. The molecule has 3 aromatic rings. The summed E-state index contributed by atoms with van der Waals surface area (Å²) < 4.78 is 39.1. The maximum atomic E-state index is 13.3. The van der Waals surface area contributed by atoms with E-state index in [1.54, 1.807) is 11.7 Å². The summed E-state index contributed by atoms with van der Waals surface area (Å²) in [5.74, 6) is 0.656. The summed E-state index contributed by atoms with van der Waals surface area (Å²) in [6.45, 7) is 6.41. The number of sulfonamides is 1. The summed E-state index contributed by atoms with van der Waals surface area (Å²) in [4.78, 5) is 20.3. The molecule has 3 heterocycles. The zero-order valence-corrected chi connectivity index (χ0v) is 21.0. The Hall–Kier alpha value is -2.95. The quantitative estimate of drug-likeness (QED) is 0.557. The summed E-state index contributed by atoms with van der Waals surface area (Å²) in [6.07, 6.45) is 0.576. The standard InChI is InChI=1S/C25H30N4O5S/c1-16(33-3)24-14-28(10-11-34-24)20-6-7-21-23(13-20)26-17(2)29(25(21)30)9-8-18-4-5-19-15-35(31,32)27-22(19)12-18/h4-7,12-13,16,24,27H,8-11,14-15H2,1-3H3/t16-,24+/m0/s1. The molecule has 0 unspecified atom stereocenters. The number of rotatable bonds is 6. The summed E-state index contributed by atoms with van der Waals surface area (Å²) in [5, 5.41) is 0.580. The molecule has 0 saturated carbocycles. The normalized spacial score (nSPS) is 20.0. The van der Waals surface area contributed by atoms with Gasteiger partial charge in [-0.2, -0.15) is 0 Å². The molecule has 10 heteroatoms. The maximum absolute atomic E-state index is 13.3. The number of morpholine rings is 1. The highest BCUT2D eigenvalue weighted by Gasteiger charge is 2.26. The molecule has 1 saturated heterocycles. The number of nitrogens with one attached hydrogen (secondary N) is 1. The summed E-state index contributed by atoms with van der Waals surface area (Å²) in [7, 11) is -1.59. The molecule has 35 heavy (non-hydrogen) atoms. The number of aromatic nitrogens is 2. The number of fused-ring (bicyclic) bond motifs is 2. The summed E-state index contributed by atoms with van der Waals surface area (Å²) in [5.41, 5.74) is 3.97. The lowest BCUT2D eigenvalue weighted by Crippen LogP contribution is -2.47. The second kappa shape index (κ2) is 9.25. The van der Waals surface area contributed by atoms with E-state index >= 15 is 0 Å². The molecule has 0 bridgehead atoms. The molecule has 1 fully saturated rings. The van der Waals surface area contributed by atoms with Gasteiger partial charge >= 0.3 is 0 Å². The fraction of sp³-hybridized carbons (Fsp3) is 0.440. The third-order valence-electron chi connectivity index (χ3n) is 6.89. The topological polar surface area (TPSA) is 103 Å². The second-order valence-electron chi connectivity index (χ2n) is 9.22. The Morgan fingerprint density at radius 1 is 1.26 bits per heavy atom. The van der Waals surface area contributed by atoms with Crippen LogP contribution in [0.1, 0.15) is 23.9 Å². The molecule has 9 nitrogen and oxygen atoms in total. The van der Waals surface area contributed by atoms with Crippen LogP contribution in [0, 0.1) is 6.92 Å². The van der Waals surface area contributed by atoms with Gasteiger partial charge in [0.2, 0.25) is 10.0 Å². The highest BCUT2D eigenvalue weighted by atomic mass is 32.2. The van der Waals surface area contributed by atoms with Crippen LogP contribution in [0.15, 0.2) is 41.2 Å². The highest BCUT2D eigenvalue weighted by molar-refractivity contribution is 7.92. The Morgan fingerprint density at radius 3 is 2.89 bits per heavy atom. The maximum Gasteiger partial charge on any atom is 0.261 e. The van der Waals surface area contributed by atoms with Gasteiger partial charge in [-0.15, -0.1) is 0 Å². The number of anilines is 2. The van der Waals surface area contributed by atoms with Gasteiger partial charge in [-0.05, 0) is 55.7 Å². The molecule has 0 amide bonds. The number of hydrogen-bond donors (Lipinski definition) is 1. The Morgan fingerprint density at radius 2 is 2.09 bits per heavy atom. The van der Waals surface area contributed by atoms with Gasteiger partial charge in [0.15, 0.2) is 0 Å². The molecule has 2 atom stereocenters. The molecule has 0 aliphatic carbocycles. The number of aryl methyl sites for hydroxylation is 2. The second-order valence-corrected chi connectivity index (χ2v) is 10.9. The summed E-state index contributed by atoms with van der Waals surface area (Å²) >= 11 is 0. The van der Waals surface area contributed by atoms with E-state index < -0.39 is 10.0 Å². The van der Waals surface area contributed by atoms with Crippen molar-refractivity contribution in [1.29, 1.82) is 0 Å². The lowest BCUT2D eigenvalue weighted by Gasteiger charge is -2.36. The van der Waals surface area contributed by atoms with Gasteiger partial charge in [0.25, 0.3) is 5.56 Å². The largest absolute Gasteiger partial charge is 0.379 e. The minimum absolute atomic E-state index is 0.00307. The molecule has 0 radical (unpaired) electrons. The molecule has 5 rings (SSSR count). The molecule has 1 N–H and O–H groups in total. The minimum atomic E-state index is -3.28. The molecule has 2 aromatic carbocycles. The molecule has 186 valence electrons. The first-order chi connectivity index (χ1) is 16.7.